The Kier molecular flexibility index (Phi) is 3.99. The highest BCUT2D eigenvalue weighted by molar-refractivity contribution is 7.95. The van der Waals surface area contributed by atoms with Gasteiger partial charge in [0.05, 0.1) is 9.82 Å². The molecular formula is C11H6N2O4S3. The Bertz CT molecular complexity index is 810. The molecule has 2 aromatic heterocycles. The van der Waals surface area contributed by atoms with E-state index in [1.54, 1.807) is 11.4 Å². The van der Waals surface area contributed by atoms with Gasteiger partial charge in [-0.3, -0.25) is 10.1 Å². The third-order valence-corrected chi connectivity index (χ3v) is 5.75. The van der Waals surface area contributed by atoms with Gasteiger partial charge in [-0.1, -0.05) is 11.3 Å². The largest absolute Gasteiger partial charge is 0.324 e. The molecule has 0 atom stereocenters. The van der Waals surface area contributed by atoms with Gasteiger partial charge in [0.1, 0.15) is 6.07 Å². The van der Waals surface area contributed by atoms with E-state index in [9.17, 15) is 18.5 Å². The monoisotopic (exact) mass is 326 g/mol. The molecule has 2 aromatic rings. The van der Waals surface area contributed by atoms with Gasteiger partial charge in [-0.2, -0.15) is 16.6 Å². The third-order valence-electron chi connectivity index (χ3n) is 2.27. The van der Waals surface area contributed by atoms with Crippen molar-refractivity contribution < 1.29 is 13.3 Å². The highest BCUT2D eigenvalue weighted by Gasteiger charge is 2.21. The van der Waals surface area contributed by atoms with Gasteiger partial charge in [0, 0.05) is 16.3 Å². The van der Waals surface area contributed by atoms with Crippen LogP contribution in [0.25, 0.3) is 6.08 Å². The fourth-order valence-electron chi connectivity index (χ4n) is 1.35. The van der Waals surface area contributed by atoms with Gasteiger partial charge in [0.25, 0.3) is 0 Å². The molecule has 0 aromatic carbocycles. The average molecular weight is 326 g/mol. The number of hydrogen-bond donors (Lipinski definition) is 0. The minimum absolute atomic E-state index is 0.0429. The van der Waals surface area contributed by atoms with Crippen molar-refractivity contribution in [3.8, 4) is 6.07 Å². The smallest absolute Gasteiger partial charge is 0.258 e. The third kappa shape index (κ3) is 2.77. The van der Waals surface area contributed by atoms with E-state index in [1.807, 2.05) is 0 Å². The minimum atomic E-state index is -3.87. The van der Waals surface area contributed by atoms with Crippen LogP contribution >= 0.6 is 22.7 Å². The van der Waals surface area contributed by atoms with E-state index >= 15 is 0 Å². The van der Waals surface area contributed by atoms with Crippen LogP contribution in [0.5, 0.6) is 0 Å². The van der Waals surface area contributed by atoms with E-state index in [0.717, 1.165) is 17.4 Å². The summed E-state index contributed by atoms with van der Waals surface area (Å²) in [6.45, 7) is 0. The molecule has 0 aliphatic rings. The lowest BCUT2D eigenvalue weighted by Gasteiger charge is -1.98. The number of hydrogen-bond acceptors (Lipinski definition) is 7. The molecule has 2 heterocycles. The fraction of sp³-hybridized carbons (Fsp3) is 0. The SMILES string of the molecule is N#C/C(=C\c1ccc([N+](=O)[O-])s1)S(=O)(=O)c1ccsc1. The first-order valence-electron chi connectivity index (χ1n) is 5.08. The van der Waals surface area contributed by atoms with Crippen LogP contribution in [-0.2, 0) is 9.84 Å². The molecule has 0 spiro atoms. The highest BCUT2D eigenvalue weighted by Crippen LogP contribution is 2.28. The van der Waals surface area contributed by atoms with Gasteiger partial charge < -0.3 is 0 Å². The molecular weight excluding hydrogens is 320 g/mol. The molecule has 9 heteroatoms. The zero-order valence-electron chi connectivity index (χ0n) is 9.72. The second-order valence-corrected chi connectivity index (χ2v) is 7.31. The maximum absolute atomic E-state index is 12.2. The van der Waals surface area contributed by atoms with Crippen LogP contribution in [0, 0.1) is 21.4 Å². The quantitative estimate of drug-likeness (QED) is 0.488. The lowest BCUT2D eigenvalue weighted by Crippen LogP contribution is -2.01. The zero-order valence-corrected chi connectivity index (χ0v) is 12.2. The Morgan fingerprint density at radius 2 is 2.15 bits per heavy atom. The molecule has 0 aliphatic carbocycles. The summed E-state index contributed by atoms with van der Waals surface area (Å²) in [4.78, 5) is 9.94. The second-order valence-electron chi connectivity index (χ2n) is 3.52. The number of nitrogens with zero attached hydrogens (tertiary/aromatic N) is 2. The first-order valence-corrected chi connectivity index (χ1v) is 8.32. The molecule has 0 bridgehead atoms. The average Bonchev–Trinajstić information content (AvgIpc) is 3.06. The minimum Gasteiger partial charge on any atom is -0.258 e. The summed E-state index contributed by atoms with van der Waals surface area (Å²) < 4.78 is 24.3. The predicted octanol–water partition coefficient (Wildman–Crippen LogP) is 3.06. The maximum atomic E-state index is 12.2. The number of allylic oxidation sites excluding steroid dienone is 1. The summed E-state index contributed by atoms with van der Waals surface area (Å²) in [5.74, 6) is 0. The number of nitro groups is 1. The summed E-state index contributed by atoms with van der Waals surface area (Å²) in [6, 6.07) is 5.71. The summed E-state index contributed by atoms with van der Waals surface area (Å²) in [6.07, 6.45) is 1.14. The fourth-order valence-corrected chi connectivity index (χ4v) is 4.37. The zero-order chi connectivity index (χ0) is 14.8. The van der Waals surface area contributed by atoms with Crippen molar-refractivity contribution in [3.05, 3.63) is 48.9 Å². The maximum Gasteiger partial charge on any atom is 0.324 e. The molecule has 102 valence electrons. The summed E-state index contributed by atoms with van der Waals surface area (Å²) in [5.41, 5.74) is 0. The van der Waals surface area contributed by atoms with E-state index in [2.05, 4.69) is 0 Å². The first kappa shape index (κ1) is 14.4. The Morgan fingerprint density at radius 1 is 1.40 bits per heavy atom. The molecule has 0 saturated carbocycles. The Hall–Kier alpha value is -2.02. The molecule has 0 saturated heterocycles. The predicted molar refractivity (Wildman–Crippen MR) is 76.1 cm³/mol. The van der Waals surface area contributed by atoms with E-state index in [-0.39, 0.29) is 9.90 Å². The summed E-state index contributed by atoms with van der Waals surface area (Å²) in [5, 5.41) is 22.5. The molecule has 2 rings (SSSR count). The van der Waals surface area contributed by atoms with Crippen LogP contribution in [0.1, 0.15) is 4.88 Å². The molecule has 0 radical (unpaired) electrons. The van der Waals surface area contributed by atoms with Crippen molar-refractivity contribution in [1.82, 2.24) is 0 Å². The first-order chi connectivity index (χ1) is 9.45. The Balaban J connectivity index is 2.45. The van der Waals surface area contributed by atoms with Crippen LogP contribution in [0.4, 0.5) is 5.00 Å². The molecule has 0 unspecified atom stereocenters. The van der Waals surface area contributed by atoms with Crippen LogP contribution in [0.2, 0.25) is 0 Å². The van der Waals surface area contributed by atoms with Crippen molar-refractivity contribution in [2.45, 2.75) is 4.90 Å². The summed E-state index contributed by atoms with van der Waals surface area (Å²) in [7, 11) is -3.87. The highest BCUT2D eigenvalue weighted by atomic mass is 32.2. The van der Waals surface area contributed by atoms with Crippen molar-refractivity contribution in [2.75, 3.05) is 0 Å². The van der Waals surface area contributed by atoms with Gasteiger partial charge in [-0.05, 0) is 23.6 Å². The van der Waals surface area contributed by atoms with Crippen LogP contribution < -0.4 is 0 Å². The molecule has 0 aliphatic heterocycles. The second kappa shape index (κ2) is 5.54. The summed E-state index contributed by atoms with van der Waals surface area (Å²) >= 11 is 2.02. The molecule has 20 heavy (non-hydrogen) atoms. The van der Waals surface area contributed by atoms with Crippen molar-refractivity contribution in [1.29, 1.82) is 5.26 Å². The number of sulfone groups is 1. The van der Waals surface area contributed by atoms with Gasteiger partial charge in [0.2, 0.25) is 9.84 Å². The van der Waals surface area contributed by atoms with E-state index in [1.165, 1.54) is 34.9 Å². The lowest BCUT2D eigenvalue weighted by atomic mass is 10.4. The number of thiophene rings is 2. The molecule has 0 N–H and O–H groups in total. The van der Waals surface area contributed by atoms with Crippen LogP contribution in [-0.4, -0.2) is 13.3 Å². The van der Waals surface area contributed by atoms with E-state index < -0.39 is 19.7 Å². The molecule has 6 nitrogen and oxygen atoms in total. The standard InChI is InChI=1S/C11H6N2O4S3/c12-6-10(20(16,17)9-3-4-18-7-9)5-8-1-2-11(19-8)13(14)15/h1-5,7H/b10-5+. The van der Waals surface area contributed by atoms with Crippen molar-refractivity contribution in [3.63, 3.8) is 0 Å². The lowest BCUT2D eigenvalue weighted by molar-refractivity contribution is -0.380. The van der Waals surface area contributed by atoms with Gasteiger partial charge in [-0.15, -0.1) is 0 Å². The van der Waals surface area contributed by atoms with Crippen LogP contribution in [0.15, 0.2) is 38.8 Å². The molecule has 0 amide bonds. The number of rotatable bonds is 4. The number of nitriles is 1. The van der Waals surface area contributed by atoms with Gasteiger partial charge in [-0.25, -0.2) is 8.42 Å². The topological polar surface area (TPSA) is 101 Å². The molecule has 0 fully saturated rings. The van der Waals surface area contributed by atoms with Crippen molar-refractivity contribution >= 4 is 43.6 Å². The normalized spacial score (nSPS) is 12.1. The van der Waals surface area contributed by atoms with E-state index in [4.69, 9.17) is 5.26 Å². The van der Waals surface area contributed by atoms with Gasteiger partial charge >= 0.3 is 5.00 Å². The van der Waals surface area contributed by atoms with Crippen LogP contribution in [0.3, 0.4) is 0 Å². The Labute approximate surface area is 122 Å². The Morgan fingerprint density at radius 3 is 2.65 bits per heavy atom. The van der Waals surface area contributed by atoms with Gasteiger partial charge in [0.15, 0.2) is 4.91 Å². The van der Waals surface area contributed by atoms with E-state index in [0.29, 0.717) is 4.88 Å². The van der Waals surface area contributed by atoms with Crippen molar-refractivity contribution in [2.24, 2.45) is 0 Å².